The molecule has 0 radical (unpaired) electrons. The van der Waals surface area contributed by atoms with Gasteiger partial charge in [0.1, 0.15) is 5.25 Å². The molecule has 2 aromatic carbocycles. The number of nitrogens with one attached hydrogen (secondary N) is 1. The Kier molecular flexibility index (Phi) is 7.36. The molecule has 0 aromatic heterocycles. The first-order valence-corrected chi connectivity index (χ1v) is 10.6. The third kappa shape index (κ3) is 5.27. The van der Waals surface area contributed by atoms with Gasteiger partial charge in [-0.3, -0.25) is 14.5 Å². The largest absolute Gasteiger partial charge is 0.493 e. The first kappa shape index (κ1) is 22.4. The highest BCUT2D eigenvalue weighted by Gasteiger charge is 2.38. The van der Waals surface area contributed by atoms with Crippen molar-refractivity contribution in [3.63, 3.8) is 0 Å². The number of amidine groups is 1. The van der Waals surface area contributed by atoms with Gasteiger partial charge in [0.15, 0.2) is 16.7 Å². The van der Waals surface area contributed by atoms with Crippen molar-refractivity contribution in [3.05, 3.63) is 60.7 Å². The van der Waals surface area contributed by atoms with E-state index in [1.807, 2.05) is 31.2 Å². The van der Waals surface area contributed by atoms with E-state index in [1.165, 1.54) is 18.9 Å². The van der Waals surface area contributed by atoms with Crippen LogP contribution in [0.3, 0.4) is 0 Å². The number of rotatable bonds is 8. The van der Waals surface area contributed by atoms with E-state index in [1.54, 1.807) is 36.3 Å². The Morgan fingerprint density at radius 2 is 1.97 bits per heavy atom. The number of anilines is 1. The highest BCUT2D eigenvalue weighted by molar-refractivity contribution is 8.15. The molecule has 31 heavy (non-hydrogen) atoms. The van der Waals surface area contributed by atoms with E-state index >= 15 is 0 Å². The Morgan fingerprint density at radius 3 is 2.65 bits per heavy atom. The second-order valence-corrected chi connectivity index (χ2v) is 8.02. The molecule has 0 spiro atoms. The van der Waals surface area contributed by atoms with Crippen LogP contribution in [0.25, 0.3) is 0 Å². The van der Waals surface area contributed by atoms with Crippen LogP contribution >= 0.6 is 11.8 Å². The number of ether oxygens (including phenoxy) is 2. The molecule has 2 aromatic rings. The first-order valence-electron chi connectivity index (χ1n) is 9.72. The van der Waals surface area contributed by atoms with Gasteiger partial charge in [-0.2, -0.15) is 0 Å². The number of thioether (sulfide) groups is 1. The van der Waals surface area contributed by atoms with Gasteiger partial charge in [0, 0.05) is 24.7 Å². The quantitative estimate of drug-likeness (QED) is 0.625. The molecule has 1 fully saturated rings. The first-order chi connectivity index (χ1) is 15.0. The number of aryl methyl sites for hydroxylation is 1. The average Bonchev–Trinajstić information content (AvgIpc) is 3.04. The molecule has 1 aliphatic heterocycles. The van der Waals surface area contributed by atoms with E-state index in [2.05, 4.69) is 16.9 Å². The van der Waals surface area contributed by atoms with Crippen molar-refractivity contribution >= 4 is 40.1 Å². The monoisotopic (exact) mass is 439 g/mol. The van der Waals surface area contributed by atoms with Crippen molar-refractivity contribution in [1.29, 1.82) is 0 Å². The van der Waals surface area contributed by atoms with Gasteiger partial charge in [0.05, 0.1) is 19.9 Å². The molecule has 0 saturated carbocycles. The average molecular weight is 440 g/mol. The summed E-state index contributed by atoms with van der Waals surface area (Å²) in [5.74, 6) is 0.657. The van der Waals surface area contributed by atoms with Crippen LogP contribution in [0.5, 0.6) is 11.5 Å². The van der Waals surface area contributed by atoms with E-state index in [9.17, 15) is 9.59 Å². The predicted molar refractivity (Wildman–Crippen MR) is 124 cm³/mol. The number of carbonyl (C=O) groups is 2. The molecule has 1 unspecified atom stereocenters. The highest BCUT2D eigenvalue weighted by atomic mass is 32.2. The van der Waals surface area contributed by atoms with Crippen LogP contribution in [0.2, 0.25) is 0 Å². The maximum absolute atomic E-state index is 12.9. The summed E-state index contributed by atoms with van der Waals surface area (Å²) in [5, 5.41) is 2.84. The second kappa shape index (κ2) is 10.2. The Balaban J connectivity index is 1.74. The number of hydrogen-bond acceptors (Lipinski definition) is 6. The molecule has 162 valence electrons. The summed E-state index contributed by atoms with van der Waals surface area (Å²) in [7, 11) is 3.07. The lowest BCUT2D eigenvalue weighted by Crippen LogP contribution is -2.33. The minimum Gasteiger partial charge on any atom is -0.493 e. The zero-order valence-corrected chi connectivity index (χ0v) is 18.6. The molecular formula is C23H25N3O4S. The normalized spacial score (nSPS) is 17.0. The Morgan fingerprint density at radius 1 is 1.23 bits per heavy atom. The Bertz CT molecular complexity index is 1020. The van der Waals surface area contributed by atoms with E-state index in [0.717, 1.165) is 11.3 Å². The minimum absolute atomic E-state index is 0.0261. The highest BCUT2D eigenvalue weighted by Crippen LogP contribution is 2.33. The maximum atomic E-state index is 12.9. The van der Waals surface area contributed by atoms with Gasteiger partial charge in [-0.15, -0.1) is 6.58 Å². The number of para-hydroxylation sites is 1. The predicted octanol–water partition coefficient (Wildman–Crippen LogP) is 4.16. The van der Waals surface area contributed by atoms with Crippen molar-refractivity contribution in [1.82, 2.24) is 4.90 Å². The fourth-order valence-corrected chi connectivity index (χ4v) is 4.27. The summed E-state index contributed by atoms with van der Waals surface area (Å²) in [6, 6.07) is 12.8. The van der Waals surface area contributed by atoms with Crippen LogP contribution in [0, 0.1) is 6.92 Å². The SMILES string of the molecule is C=CCN1C(=O)C(CC(=O)Nc2ccc(OC)c(OC)c2)SC1=Nc1ccccc1C. The van der Waals surface area contributed by atoms with Gasteiger partial charge in [-0.1, -0.05) is 36.0 Å². The van der Waals surface area contributed by atoms with E-state index in [4.69, 9.17) is 9.47 Å². The van der Waals surface area contributed by atoms with Crippen LogP contribution in [-0.2, 0) is 9.59 Å². The Hall–Kier alpha value is -3.26. The lowest BCUT2D eigenvalue weighted by Gasteiger charge is -2.14. The maximum Gasteiger partial charge on any atom is 0.242 e. The summed E-state index contributed by atoms with van der Waals surface area (Å²) in [4.78, 5) is 31.8. The van der Waals surface area contributed by atoms with Crippen molar-refractivity contribution in [2.45, 2.75) is 18.6 Å². The van der Waals surface area contributed by atoms with E-state index < -0.39 is 5.25 Å². The molecular weight excluding hydrogens is 414 g/mol. The van der Waals surface area contributed by atoms with Gasteiger partial charge in [-0.05, 0) is 30.7 Å². The van der Waals surface area contributed by atoms with Gasteiger partial charge in [0.2, 0.25) is 11.8 Å². The number of amides is 2. The number of carbonyl (C=O) groups excluding carboxylic acids is 2. The van der Waals surface area contributed by atoms with Gasteiger partial charge in [-0.25, -0.2) is 4.99 Å². The summed E-state index contributed by atoms with van der Waals surface area (Å²) < 4.78 is 10.5. The number of hydrogen-bond donors (Lipinski definition) is 1. The van der Waals surface area contributed by atoms with Crippen LogP contribution in [-0.4, -0.2) is 47.9 Å². The van der Waals surface area contributed by atoms with Gasteiger partial charge < -0.3 is 14.8 Å². The van der Waals surface area contributed by atoms with Crippen LogP contribution in [0.1, 0.15) is 12.0 Å². The van der Waals surface area contributed by atoms with Gasteiger partial charge in [0.25, 0.3) is 0 Å². The number of nitrogens with zero attached hydrogens (tertiary/aromatic N) is 2. The molecule has 1 heterocycles. The molecule has 1 saturated heterocycles. The van der Waals surface area contributed by atoms with Crippen LogP contribution in [0.4, 0.5) is 11.4 Å². The molecule has 1 N–H and O–H groups in total. The molecule has 7 nitrogen and oxygen atoms in total. The summed E-state index contributed by atoms with van der Waals surface area (Å²) >= 11 is 1.30. The summed E-state index contributed by atoms with van der Waals surface area (Å²) in [5.41, 5.74) is 2.37. The van der Waals surface area contributed by atoms with Crippen LogP contribution < -0.4 is 14.8 Å². The summed E-state index contributed by atoms with van der Waals surface area (Å²) in [6.07, 6.45) is 1.68. The third-order valence-electron chi connectivity index (χ3n) is 4.70. The topological polar surface area (TPSA) is 80.2 Å². The number of benzene rings is 2. The smallest absolute Gasteiger partial charge is 0.242 e. The van der Waals surface area contributed by atoms with Crippen molar-refractivity contribution in [3.8, 4) is 11.5 Å². The third-order valence-corrected chi connectivity index (χ3v) is 5.88. The second-order valence-electron chi connectivity index (χ2n) is 6.85. The van der Waals surface area contributed by atoms with Gasteiger partial charge >= 0.3 is 0 Å². The number of aliphatic imine (C=N–C) groups is 1. The molecule has 2 amide bonds. The Labute approximate surface area is 186 Å². The van der Waals surface area contributed by atoms with Crippen molar-refractivity contribution in [2.75, 3.05) is 26.1 Å². The lowest BCUT2D eigenvalue weighted by molar-refractivity contribution is -0.127. The molecule has 8 heteroatoms. The fraction of sp³-hybridized carbons (Fsp3) is 0.261. The molecule has 3 rings (SSSR count). The van der Waals surface area contributed by atoms with E-state index in [-0.39, 0.29) is 18.2 Å². The molecule has 0 bridgehead atoms. The molecule has 1 atom stereocenters. The standard InChI is InChI=1S/C23H25N3O4S/c1-5-12-26-22(28)20(31-23(26)25-17-9-7-6-8-15(17)2)14-21(27)24-16-10-11-18(29-3)19(13-16)30-4/h5-11,13,20H,1,12,14H2,2-4H3,(H,24,27). The fourth-order valence-electron chi connectivity index (χ4n) is 3.11. The van der Waals surface area contributed by atoms with Crippen molar-refractivity contribution < 1.29 is 19.1 Å². The van der Waals surface area contributed by atoms with Crippen molar-refractivity contribution in [2.24, 2.45) is 4.99 Å². The molecule has 0 aliphatic carbocycles. The summed E-state index contributed by atoms with van der Waals surface area (Å²) in [6.45, 7) is 6.03. The lowest BCUT2D eigenvalue weighted by atomic mass is 10.2. The minimum atomic E-state index is -0.553. The zero-order chi connectivity index (χ0) is 22.4. The zero-order valence-electron chi connectivity index (χ0n) is 17.8. The van der Waals surface area contributed by atoms with E-state index in [0.29, 0.717) is 28.9 Å². The number of methoxy groups -OCH3 is 2. The van der Waals surface area contributed by atoms with Crippen LogP contribution in [0.15, 0.2) is 60.1 Å². The molecule has 1 aliphatic rings.